The molecule has 3 rings (SSSR count). The van der Waals surface area contributed by atoms with Crippen LogP contribution in [0, 0.1) is 13.8 Å². The summed E-state index contributed by atoms with van der Waals surface area (Å²) in [6, 6.07) is 1.70. The van der Waals surface area contributed by atoms with Crippen molar-refractivity contribution in [2.45, 2.75) is 13.8 Å². The van der Waals surface area contributed by atoms with Gasteiger partial charge in [-0.05, 0) is 29.8 Å². The number of fused-ring (bicyclic) bond motifs is 1. The molecule has 0 aliphatic heterocycles. The Morgan fingerprint density at radius 3 is 2.78 bits per heavy atom. The molecule has 0 aliphatic rings. The van der Waals surface area contributed by atoms with E-state index in [9.17, 15) is 0 Å². The highest BCUT2D eigenvalue weighted by Gasteiger charge is 2.15. The molecule has 0 N–H and O–H groups in total. The second kappa shape index (κ2) is 4.03. The lowest BCUT2D eigenvalue weighted by Gasteiger charge is -2.06. The number of hydrogen-bond donors (Lipinski definition) is 0. The van der Waals surface area contributed by atoms with Crippen molar-refractivity contribution in [3.05, 3.63) is 33.4 Å². The molecule has 0 bridgehead atoms. The highest BCUT2D eigenvalue weighted by Crippen LogP contribution is 2.23. The largest absolute Gasteiger partial charge is 0.255 e. The summed E-state index contributed by atoms with van der Waals surface area (Å²) in [7, 11) is 0. The van der Waals surface area contributed by atoms with Gasteiger partial charge in [0.05, 0.1) is 15.9 Å². The monoisotopic (exact) mass is 326 g/mol. The van der Waals surface area contributed by atoms with Crippen LogP contribution in [0.3, 0.4) is 0 Å². The van der Waals surface area contributed by atoms with Gasteiger partial charge < -0.3 is 0 Å². The SMILES string of the molecule is Cc1nn(-c2cc(Cl)nc3ncnn23)c(C)c1Br. The molecule has 3 heterocycles. The molecule has 0 saturated carbocycles. The Bertz CT molecular complexity index is 746. The highest BCUT2D eigenvalue weighted by molar-refractivity contribution is 9.10. The van der Waals surface area contributed by atoms with Crippen LogP contribution in [0.15, 0.2) is 16.9 Å². The molecule has 0 aromatic carbocycles. The van der Waals surface area contributed by atoms with Crippen LogP contribution in [0.5, 0.6) is 0 Å². The molecule has 6 nitrogen and oxygen atoms in total. The van der Waals surface area contributed by atoms with Crippen molar-refractivity contribution in [1.82, 2.24) is 29.4 Å². The van der Waals surface area contributed by atoms with Crippen LogP contribution in [-0.2, 0) is 0 Å². The lowest BCUT2D eigenvalue weighted by Crippen LogP contribution is -2.08. The normalized spacial score (nSPS) is 11.3. The Labute approximate surface area is 116 Å². The molecule has 92 valence electrons. The van der Waals surface area contributed by atoms with Gasteiger partial charge in [0.1, 0.15) is 11.5 Å². The lowest BCUT2D eigenvalue weighted by atomic mass is 10.4. The first kappa shape index (κ1) is 11.6. The number of rotatable bonds is 1. The minimum Gasteiger partial charge on any atom is -0.218 e. The minimum absolute atomic E-state index is 0.356. The quantitative estimate of drug-likeness (QED) is 0.644. The standard InChI is InChI=1S/C10H8BrClN6/c1-5-9(11)6(2)17(16-5)8-3-7(12)15-10-13-4-14-18(8)10/h3-4H,1-2H3. The Hall–Kier alpha value is -1.47. The van der Waals surface area contributed by atoms with E-state index in [1.54, 1.807) is 15.3 Å². The minimum atomic E-state index is 0.356. The van der Waals surface area contributed by atoms with Crippen molar-refractivity contribution in [2.24, 2.45) is 0 Å². The molecular formula is C10H8BrClN6. The Morgan fingerprint density at radius 2 is 2.11 bits per heavy atom. The van der Waals surface area contributed by atoms with Gasteiger partial charge in [0.2, 0.25) is 0 Å². The van der Waals surface area contributed by atoms with Gasteiger partial charge in [0.25, 0.3) is 5.78 Å². The first-order valence-corrected chi connectivity index (χ1v) is 6.33. The van der Waals surface area contributed by atoms with E-state index in [2.05, 4.69) is 36.1 Å². The summed E-state index contributed by atoms with van der Waals surface area (Å²) in [5, 5.41) is 8.93. The maximum Gasteiger partial charge on any atom is 0.255 e. The third kappa shape index (κ3) is 1.62. The average molecular weight is 328 g/mol. The van der Waals surface area contributed by atoms with Gasteiger partial charge in [-0.15, -0.1) is 0 Å². The van der Waals surface area contributed by atoms with Gasteiger partial charge in [-0.1, -0.05) is 11.6 Å². The van der Waals surface area contributed by atoms with E-state index in [0.717, 1.165) is 15.9 Å². The smallest absolute Gasteiger partial charge is 0.218 e. The van der Waals surface area contributed by atoms with Gasteiger partial charge in [-0.25, -0.2) is 4.68 Å². The molecule has 0 aliphatic carbocycles. The molecule has 0 radical (unpaired) electrons. The molecule has 8 heteroatoms. The fourth-order valence-electron chi connectivity index (χ4n) is 1.77. The molecule has 0 fully saturated rings. The van der Waals surface area contributed by atoms with Gasteiger partial charge in [0.15, 0.2) is 5.82 Å². The van der Waals surface area contributed by atoms with E-state index < -0.39 is 0 Å². The van der Waals surface area contributed by atoms with Crippen molar-refractivity contribution < 1.29 is 0 Å². The predicted octanol–water partition coefficient (Wildman–Crippen LogP) is 2.34. The van der Waals surface area contributed by atoms with Crippen LogP contribution < -0.4 is 0 Å². The van der Waals surface area contributed by atoms with Crippen molar-refractivity contribution in [1.29, 1.82) is 0 Å². The number of halogens is 2. The van der Waals surface area contributed by atoms with Gasteiger partial charge >= 0.3 is 0 Å². The second-order valence-electron chi connectivity index (χ2n) is 3.81. The van der Waals surface area contributed by atoms with E-state index in [0.29, 0.717) is 16.7 Å². The van der Waals surface area contributed by atoms with Gasteiger partial charge in [0, 0.05) is 6.07 Å². The van der Waals surface area contributed by atoms with Crippen LogP contribution in [0.1, 0.15) is 11.4 Å². The molecule has 3 aromatic heterocycles. The summed E-state index contributed by atoms with van der Waals surface area (Å²) in [6.45, 7) is 3.89. The summed E-state index contributed by atoms with van der Waals surface area (Å²) in [5.74, 6) is 1.15. The number of aryl methyl sites for hydroxylation is 1. The molecule has 18 heavy (non-hydrogen) atoms. The van der Waals surface area contributed by atoms with Crippen LogP contribution in [0.2, 0.25) is 5.15 Å². The maximum absolute atomic E-state index is 5.98. The molecule has 3 aromatic rings. The van der Waals surface area contributed by atoms with E-state index in [-0.39, 0.29) is 0 Å². The second-order valence-corrected chi connectivity index (χ2v) is 4.99. The Morgan fingerprint density at radius 1 is 1.33 bits per heavy atom. The molecular weight excluding hydrogens is 320 g/mol. The summed E-state index contributed by atoms with van der Waals surface area (Å²) < 4.78 is 4.32. The van der Waals surface area contributed by atoms with E-state index in [1.807, 2.05) is 13.8 Å². The first-order chi connectivity index (χ1) is 8.58. The first-order valence-electron chi connectivity index (χ1n) is 5.16. The predicted molar refractivity (Wildman–Crippen MR) is 70.1 cm³/mol. The van der Waals surface area contributed by atoms with E-state index in [1.165, 1.54) is 6.33 Å². The lowest BCUT2D eigenvalue weighted by molar-refractivity contribution is 0.755. The van der Waals surface area contributed by atoms with E-state index in [4.69, 9.17) is 11.6 Å². The van der Waals surface area contributed by atoms with Crippen LogP contribution in [-0.4, -0.2) is 29.4 Å². The topological polar surface area (TPSA) is 60.9 Å². The van der Waals surface area contributed by atoms with Crippen LogP contribution >= 0.6 is 27.5 Å². The molecule has 0 atom stereocenters. The summed E-state index contributed by atoms with van der Waals surface area (Å²) in [6.07, 6.45) is 1.43. The van der Waals surface area contributed by atoms with Crippen LogP contribution in [0.25, 0.3) is 11.6 Å². The summed E-state index contributed by atoms with van der Waals surface area (Å²) in [5.41, 5.74) is 1.86. The van der Waals surface area contributed by atoms with Gasteiger partial charge in [-0.2, -0.15) is 24.7 Å². The van der Waals surface area contributed by atoms with Gasteiger partial charge in [-0.3, -0.25) is 0 Å². The molecule has 0 unspecified atom stereocenters. The number of hydrogen-bond acceptors (Lipinski definition) is 4. The third-order valence-electron chi connectivity index (χ3n) is 2.62. The summed E-state index contributed by atoms with van der Waals surface area (Å²) in [4.78, 5) is 8.11. The third-order valence-corrected chi connectivity index (χ3v) is 3.96. The van der Waals surface area contributed by atoms with Crippen LogP contribution in [0.4, 0.5) is 0 Å². The zero-order valence-electron chi connectivity index (χ0n) is 9.59. The van der Waals surface area contributed by atoms with Crippen molar-refractivity contribution in [3.8, 4) is 5.82 Å². The molecule has 0 spiro atoms. The zero-order chi connectivity index (χ0) is 12.9. The Kier molecular flexibility index (Phi) is 2.60. The van der Waals surface area contributed by atoms with Crippen molar-refractivity contribution in [3.63, 3.8) is 0 Å². The molecule has 0 amide bonds. The average Bonchev–Trinajstić information content (AvgIpc) is 2.88. The fourth-order valence-corrected chi connectivity index (χ4v) is 2.19. The van der Waals surface area contributed by atoms with Crippen molar-refractivity contribution in [2.75, 3.05) is 0 Å². The fraction of sp³-hybridized carbons (Fsp3) is 0.200. The van der Waals surface area contributed by atoms with Crippen molar-refractivity contribution >= 4 is 33.3 Å². The highest BCUT2D eigenvalue weighted by atomic mass is 79.9. The Balaban J connectivity index is 2.37. The summed E-state index contributed by atoms with van der Waals surface area (Å²) >= 11 is 9.48. The zero-order valence-corrected chi connectivity index (χ0v) is 11.9. The maximum atomic E-state index is 5.98. The number of aromatic nitrogens is 6. The number of nitrogens with zero attached hydrogens (tertiary/aromatic N) is 6. The van der Waals surface area contributed by atoms with E-state index >= 15 is 0 Å². The molecule has 0 saturated heterocycles.